The van der Waals surface area contributed by atoms with Crippen molar-refractivity contribution in [3.8, 4) is 5.75 Å². The van der Waals surface area contributed by atoms with Crippen LogP contribution >= 0.6 is 11.6 Å². The molecule has 0 unspecified atom stereocenters. The zero-order valence-electron chi connectivity index (χ0n) is 17.4. The minimum Gasteiger partial charge on any atom is -0.506 e. The first-order valence-electron chi connectivity index (χ1n) is 10.0. The first-order valence-corrected chi connectivity index (χ1v) is 10.4. The van der Waals surface area contributed by atoms with Crippen LogP contribution in [0.1, 0.15) is 12.0 Å². The second-order valence-electron chi connectivity index (χ2n) is 7.15. The number of halogens is 1. The van der Waals surface area contributed by atoms with Gasteiger partial charge >= 0.3 is 0 Å². The molecule has 1 heterocycles. The quantitative estimate of drug-likeness (QED) is 0.502. The average Bonchev–Trinajstić information content (AvgIpc) is 2.75. The van der Waals surface area contributed by atoms with Gasteiger partial charge in [-0.2, -0.15) is 0 Å². The van der Waals surface area contributed by atoms with Crippen LogP contribution in [0, 0.1) is 6.92 Å². The molecule has 1 aliphatic rings. The molecule has 3 N–H and O–H groups in total. The van der Waals surface area contributed by atoms with Crippen LogP contribution < -0.4 is 15.5 Å². The molecular formula is C22H28ClN5O2. The molecule has 3 rings (SSSR count). The molecule has 0 aliphatic carbocycles. The number of para-hydroxylation sites is 2. The van der Waals surface area contributed by atoms with Gasteiger partial charge in [0.2, 0.25) is 5.91 Å². The molecule has 0 bridgehead atoms. The van der Waals surface area contributed by atoms with Crippen LogP contribution in [0.25, 0.3) is 0 Å². The molecular weight excluding hydrogens is 402 g/mol. The average molecular weight is 430 g/mol. The number of benzene rings is 2. The van der Waals surface area contributed by atoms with E-state index < -0.39 is 0 Å². The van der Waals surface area contributed by atoms with E-state index in [1.54, 1.807) is 19.2 Å². The molecule has 0 radical (unpaired) electrons. The van der Waals surface area contributed by atoms with Gasteiger partial charge in [-0.25, -0.2) is 0 Å². The highest BCUT2D eigenvalue weighted by atomic mass is 35.5. The van der Waals surface area contributed by atoms with Crippen molar-refractivity contribution in [3.05, 3.63) is 53.1 Å². The van der Waals surface area contributed by atoms with Crippen LogP contribution in [-0.4, -0.2) is 61.6 Å². The summed E-state index contributed by atoms with van der Waals surface area (Å²) in [5.41, 5.74) is 2.45. The monoisotopic (exact) mass is 429 g/mol. The highest BCUT2D eigenvalue weighted by molar-refractivity contribution is 6.31. The lowest BCUT2D eigenvalue weighted by Gasteiger charge is -2.37. The summed E-state index contributed by atoms with van der Waals surface area (Å²) in [5, 5.41) is 16.9. The number of piperazine rings is 1. The Morgan fingerprint density at radius 2 is 1.87 bits per heavy atom. The predicted octanol–water partition coefficient (Wildman–Crippen LogP) is 3.08. The first-order chi connectivity index (χ1) is 14.5. The van der Waals surface area contributed by atoms with E-state index in [2.05, 4.69) is 25.4 Å². The predicted molar refractivity (Wildman–Crippen MR) is 123 cm³/mol. The van der Waals surface area contributed by atoms with Crippen molar-refractivity contribution >= 4 is 34.8 Å². The van der Waals surface area contributed by atoms with Crippen molar-refractivity contribution in [2.45, 2.75) is 13.3 Å². The Morgan fingerprint density at radius 3 is 2.57 bits per heavy atom. The second-order valence-corrected chi connectivity index (χ2v) is 7.55. The van der Waals surface area contributed by atoms with Crippen molar-refractivity contribution < 1.29 is 9.90 Å². The maximum absolute atomic E-state index is 12.3. The SMILES string of the molecule is CN=C(NCCC(=O)Nc1cccc(Cl)c1C)N1CCN(c2ccccc2O)CC1. The third-order valence-electron chi connectivity index (χ3n) is 5.19. The Bertz CT molecular complexity index is 910. The van der Waals surface area contributed by atoms with Crippen molar-refractivity contribution in [1.29, 1.82) is 0 Å². The molecule has 1 saturated heterocycles. The molecule has 0 spiro atoms. The van der Waals surface area contributed by atoms with E-state index in [1.165, 1.54) is 0 Å². The van der Waals surface area contributed by atoms with E-state index in [0.29, 0.717) is 23.7 Å². The third-order valence-corrected chi connectivity index (χ3v) is 5.60. The van der Waals surface area contributed by atoms with Crippen LogP contribution in [-0.2, 0) is 4.79 Å². The number of rotatable bonds is 5. The zero-order chi connectivity index (χ0) is 21.5. The summed E-state index contributed by atoms with van der Waals surface area (Å²) >= 11 is 6.10. The molecule has 0 saturated carbocycles. The van der Waals surface area contributed by atoms with E-state index >= 15 is 0 Å². The largest absolute Gasteiger partial charge is 0.506 e. The van der Waals surface area contributed by atoms with Crippen LogP contribution in [0.5, 0.6) is 5.75 Å². The fourth-order valence-corrected chi connectivity index (χ4v) is 3.64. The summed E-state index contributed by atoms with van der Waals surface area (Å²) in [6.45, 7) is 5.49. The van der Waals surface area contributed by atoms with Gasteiger partial charge in [0.15, 0.2) is 5.96 Å². The minimum absolute atomic E-state index is 0.0762. The summed E-state index contributed by atoms with van der Waals surface area (Å²) in [6.07, 6.45) is 0.322. The number of nitrogens with zero attached hydrogens (tertiary/aromatic N) is 3. The summed E-state index contributed by atoms with van der Waals surface area (Å²) in [7, 11) is 1.74. The number of anilines is 2. The Labute approximate surface area is 182 Å². The number of nitrogens with one attached hydrogen (secondary N) is 2. The topological polar surface area (TPSA) is 80.2 Å². The summed E-state index contributed by atoms with van der Waals surface area (Å²) in [5.74, 6) is 1.00. The number of carbonyl (C=O) groups excluding carboxylic acids is 1. The van der Waals surface area contributed by atoms with Crippen LogP contribution in [0.3, 0.4) is 0 Å². The Balaban J connectivity index is 1.45. The molecule has 2 aromatic carbocycles. The van der Waals surface area contributed by atoms with Crippen LogP contribution in [0.15, 0.2) is 47.5 Å². The second kappa shape index (κ2) is 10.2. The lowest BCUT2D eigenvalue weighted by Crippen LogP contribution is -2.52. The number of carbonyl (C=O) groups is 1. The minimum atomic E-state index is -0.0762. The maximum Gasteiger partial charge on any atom is 0.226 e. The van der Waals surface area contributed by atoms with Crippen molar-refractivity contribution in [1.82, 2.24) is 10.2 Å². The van der Waals surface area contributed by atoms with Gasteiger partial charge in [0, 0.05) is 56.9 Å². The van der Waals surface area contributed by atoms with E-state index in [1.807, 2.05) is 37.3 Å². The molecule has 1 aliphatic heterocycles. The van der Waals surface area contributed by atoms with E-state index in [9.17, 15) is 9.90 Å². The van der Waals surface area contributed by atoms with Crippen molar-refractivity contribution in [3.63, 3.8) is 0 Å². The first kappa shape index (κ1) is 21.8. The smallest absolute Gasteiger partial charge is 0.226 e. The van der Waals surface area contributed by atoms with Gasteiger partial charge in [0.05, 0.1) is 5.69 Å². The molecule has 1 fully saturated rings. The Hall–Kier alpha value is -2.93. The molecule has 30 heavy (non-hydrogen) atoms. The Morgan fingerprint density at radius 1 is 1.13 bits per heavy atom. The summed E-state index contributed by atoms with van der Waals surface area (Å²) in [6, 6.07) is 12.9. The molecule has 0 aromatic heterocycles. The molecule has 2 aromatic rings. The third kappa shape index (κ3) is 5.36. The van der Waals surface area contributed by atoms with E-state index in [-0.39, 0.29) is 5.91 Å². The van der Waals surface area contributed by atoms with Crippen molar-refractivity contribution in [2.24, 2.45) is 4.99 Å². The van der Waals surface area contributed by atoms with Gasteiger partial charge in [0.25, 0.3) is 0 Å². The highest BCUT2D eigenvalue weighted by Gasteiger charge is 2.21. The maximum atomic E-state index is 12.3. The van der Waals surface area contributed by atoms with Gasteiger partial charge in [-0.05, 0) is 36.8 Å². The van der Waals surface area contributed by atoms with E-state index in [0.717, 1.165) is 49.1 Å². The number of hydrogen-bond acceptors (Lipinski definition) is 4. The molecule has 1 amide bonds. The lowest BCUT2D eigenvalue weighted by molar-refractivity contribution is -0.116. The fraction of sp³-hybridized carbons (Fsp3) is 0.364. The number of guanidine groups is 1. The molecule has 0 atom stereocenters. The normalized spacial score (nSPS) is 14.6. The van der Waals surface area contributed by atoms with Gasteiger partial charge in [-0.1, -0.05) is 29.8 Å². The zero-order valence-corrected chi connectivity index (χ0v) is 18.1. The Kier molecular flexibility index (Phi) is 7.41. The molecule has 8 heteroatoms. The molecule has 160 valence electrons. The van der Waals surface area contributed by atoms with Crippen molar-refractivity contribution in [2.75, 3.05) is 50.0 Å². The van der Waals surface area contributed by atoms with E-state index in [4.69, 9.17) is 11.6 Å². The van der Waals surface area contributed by atoms with Gasteiger partial charge < -0.3 is 25.5 Å². The summed E-state index contributed by atoms with van der Waals surface area (Å²) in [4.78, 5) is 21.0. The lowest BCUT2D eigenvalue weighted by atomic mass is 10.2. The summed E-state index contributed by atoms with van der Waals surface area (Å²) < 4.78 is 0. The number of amides is 1. The van der Waals surface area contributed by atoms with Crippen LogP contribution in [0.2, 0.25) is 5.02 Å². The number of aromatic hydroxyl groups is 1. The highest BCUT2D eigenvalue weighted by Crippen LogP contribution is 2.27. The standard InChI is InChI=1S/C22H28ClN5O2/c1-16-17(23)6-5-7-18(16)26-21(30)10-11-25-22(24-2)28-14-12-27(13-15-28)19-8-3-4-9-20(19)29/h3-9,29H,10-15H2,1-2H3,(H,24,25)(H,26,30). The van der Waals surface area contributed by atoms with Gasteiger partial charge in [-0.15, -0.1) is 0 Å². The van der Waals surface area contributed by atoms with Crippen LogP contribution in [0.4, 0.5) is 11.4 Å². The number of phenolic OH excluding ortho intramolecular Hbond substituents is 1. The van der Waals surface area contributed by atoms with Gasteiger partial charge in [-0.3, -0.25) is 9.79 Å². The number of aliphatic imine (C=N–C) groups is 1. The number of hydrogen-bond donors (Lipinski definition) is 3. The number of phenols is 1. The molecule has 7 nitrogen and oxygen atoms in total. The van der Waals surface area contributed by atoms with Gasteiger partial charge in [0.1, 0.15) is 5.75 Å². The fourth-order valence-electron chi connectivity index (χ4n) is 3.47.